The van der Waals surface area contributed by atoms with Crippen LogP contribution in [0.15, 0.2) is 6.07 Å². The smallest absolute Gasteiger partial charge is 0.306 e. The average Bonchev–Trinajstić information content (AvgIpc) is 2.65. The number of aromatic nitrogens is 2. The number of aliphatic carboxylic acids is 1. The van der Waals surface area contributed by atoms with E-state index in [1.54, 1.807) is 0 Å². The van der Waals surface area contributed by atoms with Crippen molar-refractivity contribution < 1.29 is 9.90 Å². The summed E-state index contributed by atoms with van der Waals surface area (Å²) in [7, 11) is 0. The second-order valence-electron chi connectivity index (χ2n) is 4.13. The minimum absolute atomic E-state index is 0.165. The summed E-state index contributed by atoms with van der Waals surface area (Å²) in [5, 5.41) is 15.6. The highest BCUT2D eigenvalue weighted by atomic mass is 16.4. The molecular weight excluding hydrogens is 194 g/mol. The summed E-state index contributed by atoms with van der Waals surface area (Å²) in [6.45, 7) is 0. The lowest BCUT2D eigenvalue weighted by Crippen LogP contribution is -2.20. The Labute approximate surface area is 87.7 Å². The number of carboxylic acids is 1. The van der Waals surface area contributed by atoms with E-state index in [0.29, 0.717) is 11.7 Å². The van der Waals surface area contributed by atoms with Gasteiger partial charge in [-0.1, -0.05) is 0 Å². The molecule has 0 saturated heterocycles. The van der Waals surface area contributed by atoms with E-state index in [4.69, 9.17) is 10.8 Å². The lowest BCUT2D eigenvalue weighted by atomic mass is 9.80. The number of nitrogens with one attached hydrogen (secondary N) is 1. The van der Waals surface area contributed by atoms with Gasteiger partial charge in [-0.15, -0.1) is 0 Å². The Balaban J connectivity index is 1.96. The Bertz CT molecular complexity index is 353. The highest BCUT2D eigenvalue weighted by Crippen LogP contribution is 2.35. The van der Waals surface area contributed by atoms with Crippen LogP contribution in [0.5, 0.6) is 0 Å². The maximum Gasteiger partial charge on any atom is 0.306 e. The van der Waals surface area contributed by atoms with Gasteiger partial charge in [-0.25, -0.2) is 0 Å². The minimum atomic E-state index is -0.669. The van der Waals surface area contributed by atoms with Crippen LogP contribution in [0, 0.1) is 5.92 Å². The summed E-state index contributed by atoms with van der Waals surface area (Å²) < 4.78 is 0. The first-order chi connectivity index (χ1) is 7.16. The Morgan fingerprint density at radius 1 is 1.47 bits per heavy atom. The fourth-order valence-electron chi connectivity index (χ4n) is 2.21. The molecule has 1 aliphatic rings. The molecule has 0 aliphatic heterocycles. The molecule has 0 atom stereocenters. The van der Waals surface area contributed by atoms with Gasteiger partial charge in [0.1, 0.15) is 5.82 Å². The van der Waals surface area contributed by atoms with E-state index in [2.05, 4.69) is 10.2 Å². The van der Waals surface area contributed by atoms with Crippen molar-refractivity contribution in [1.82, 2.24) is 10.2 Å². The van der Waals surface area contributed by atoms with Crippen LogP contribution in [0.3, 0.4) is 0 Å². The van der Waals surface area contributed by atoms with Crippen molar-refractivity contribution in [3.8, 4) is 0 Å². The average molecular weight is 209 g/mol. The number of nitrogens with zero attached hydrogens (tertiary/aromatic N) is 1. The van der Waals surface area contributed by atoms with Gasteiger partial charge in [-0.2, -0.15) is 5.10 Å². The number of nitrogen functional groups attached to an aromatic ring is 1. The second kappa shape index (κ2) is 3.92. The van der Waals surface area contributed by atoms with Gasteiger partial charge >= 0.3 is 5.97 Å². The number of carboxylic acid groups (broad SMARTS) is 1. The van der Waals surface area contributed by atoms with Crippen molar-refractivity contribution in [3.63, 3.8) is 0 Å². The number of hydrogen-bond donors (Lipinski definition) is 3. The predicted octanol–water partition coefficient (Wildman–Crippen LogP) is 1.35. The zero-order valence-corrected chi connectivity index (χ0v) is 8.44. The molecule has 1 heterocycles. The summed E-state index contributed by atoms with van der Waals surface area (Å²) in [6.07, 6.45) is 3.30. The van der Waals surface area contributed by atoms with Crippen LogP contribution in [0.25, 0.3) is 0 Å². The predicted molar refractivity (Wildman–Crippen MR) is 55.3 cm³/mol. The van der Waals surface area contributed by atoms with Crippen molar-refractivity contribution in [2.45, 2.75) is 31.6 Å². The highest BCUT2D eigenvalue weighted by Gasteiger charge is 2.27. The Morgan fingerprint density at radius 3 is 2.60 bits per heavy atom. The first-order valence-corrected chi connectivity index (χ1v) is 5.20. The van der Waals surface area contributed by atoms with Gasteiger partial charge in [0.25, 0.3) is 0 Å². The van der Waals surface area contributed by atoms with Gasteiger partial charge in [0.2, 0.25) is 0 Å². The molecule has 1 aromatic rings. The molecule has 0 bridgehead atoms. The number of hydrogen-bond acceptors (Lipinski definition) is 3. The number of H-pyrrole nitrogens is 1. The van der Waals surface area contributed by atoms with Crippen LogP contribution in [-0.2, 0) is 4.79 Å². The zero-order chi connectivity index (χ0) is 10.8. The Morgan fingerprint density at radius 2 is 2.13 bits per heavy atom. The number of carbonyl (C=O) groups is 1. The topological polar surface area (TPSA) is 92.0 Å². The molecule has 1 fully saturated rings. The van der Waals surface area contributed by atoms with Crippen LogP contribution in [-0.4, -0.2) is 21.3 Å². The third-order valence-electron chi connectivity index (χ3n) is 3.13. The number of aromatic amines is 1. The summed E-state index contributed by atoms with van der Waals surface area (Å²) in [6, 6.07) is 1.84. The minimum Gasteiger partial charge on any atom is -0.481 e. The van der Waals surface area contributed by atoms with Gasteiger partial charge in [-0.05, 0) is 25.7 Å². The van der Waals surface area contributed by atoms with Crippen LogP contribution in [0.4, 0.5) is 5.82 Å². The lowest BCUT2D eigenvalue weighted by molar-refractivity contribution is -0.142. The van der Waals surface area contributed by atoms with E-state index < -0.39 is 5.97 Å². The van der Waals surface area contributed by atoms with Crippen molar-refractivity contribution in [1.29, 1.82) is 0 Å². The van der Waals surface area contributed by atoms with Crippen molar-refractivity contribution in [2.24, 2.45) is 5.92 Å². The standard InChI is InChI=1S/C10H15N3O2/c11-9-5-8(12-13-9)6-1-3-7(4-2-6)10(14)15/h5-7H,1-4H2,(H,14,15)(H3,11,12,13). The van der Waals surface area contributed by atoms with Crippen molar-refractivity contribution in [3.05, 3.63) is 11.8 Å². The van der Waals surface area contributed by atoms with E-state index in [1.165, 1.54) is 0 Å². The van der Waals surface area contributed by atoms with E-state index in [9.17, 15) is 4.79 Å². The molecule has 0 spiro atoms. The maximum atomic E-state index is 10.8. The summed E-state index contributed by atoms with van der Waals surface area (Å²) in [4.78, 5) is 10.8. The van der Waals surface area contributed by atoms with E-state index >= 15 is 0 Å². The highest BCUT2D eigenvalue weighted by molar-refractivity contribution is 5.70. The molecular formula is C10H15N3O2. The van der Waals surface area contributed by atoms with Gasteiger partial charge < -0.3 is 10.8 Å². The molecule has 1 aliphatic carbocycles. The molecule has 2 rings (SSSR count). The zero-order valence-electron chi connectivity index (χ0n) is 8.44. The Kier molecular flexibility index (Phi) is 2.62. The van der Waals surface area contributed by atoms with E-state index in [0.717, 1.165) is 31.4 Å². The molecule has 5 nitrogen and oxygen atoms in total. The molecule has 0 amide bonds. The largest absolute Gasteiger partial charge is 0.481 e. The lowest BCUT2D eigenvalue weighted by Gasteiger charge is -2.24. The second-order valence-corrected chi connectivity index (χ2v) is 4.13. The van der Waals surface area contributed by atoms with E-state index in [1.807, 2.05) is 6.07 Å². The Hall–Kier alpha value is -1.52. The normalized spacial score (nSPS) is 26.4. The van der Waals surface area contributed by atoms with Gasteiger partial charge in [0.05, 0.1) is 5.92 Å². The maximum absolute atomic E-state index is 10.8. The van der Waals surface area contributed by atoms with Gasteiger partial charge in [0, 0.05) is 17.7 Å². The molecule has 0 radical (unpaired) electrons. The molecule has 5 heteroatoms. The summed E-state index contributed by atoms with van der Waals surface area (Å²) >= 11 is 0. The molecule has 82 valence electrons. The first-order valence-electron chi connectivity index (χ1n) is 5.20. The van der Waals surface area contributed by atoms with Crippen LogP contribution in [0.1, 0.15) is 37.3 Å². The first kappa shape index (κ1) is 10.0. The third-order valence-corrected chi connectivity index (χ3v) is 3.13. The van der Waals surface area contributed by atoms with Crippen molar-refractivity contribution >= 4 is 11.8 Å². The summed E-state index contributed by atoms with van der Waals surface area (Å²) in [5.74, 6) is 0.0647. The monoisotopic (exact) mass is 209 g/mol. The molecule has 0 aromatic carbocycles. The summed E-state index contributed by atoms with van der Waals surface area (Å²) in [5.41, 5.74) is 6.56. The SMILES string of the molecule is Nc1cc(C2CCC(C(=O)O)CC2)[nH]n1. The number of nitrogens with two attached hydrogens (primary N) is 1. The van der Waals surface area contributed by atoms with Gasteiger partial charge in [-0.3, -0.25) is 9.89 Å². The molecule has 4 N–H and O–H groups in total. The fraction of sp³-hybridized carbons (Fsp3) is 0.600. The molecule has 15 heavy (non-hydrogen) atoms. The third kappa shape index (κ3) is 2.11. The van der Waals surface area contributed by atoms with Crippen LogP contribution < -0.4 is 5.73 Å². The molecule has 1 saturated carbocycles. The fourth-order valence-corrected chi connectivity index (χ4v) is 2.21. The van der Waals surface area contributed by atoms with E-state index in [-0.39, 0.29) is 5.92 Å². The quantitative estimate of drug-likeness (QED) is 0.685. The number of anilines is 1. The van der Waals surface area contributed by atoms with Gasteiger partial charge in [0.15, 0.2) is 0 Å². The van der Waals surface area contributed by atoms with Crippen molar-refractivity contribution in [2.75, 3.05) is 5.73 Å². The molecule has 1 aromatic heterocycles. The van der Waals surface area contributed by atoms with Crippen LogP contribution >= 0.6 is 0 Å². The molecule has 0 unspecified atom stereocenters. The number of rotatable bonds is 2. The van der Waals surface area contributed by atoms with Crippen LogP contribution in [0.2, 0.25) is 0 Å².